The summed E-state index contributed by atoms with van der Waals surface area (Å²) in [5, 5.41) is 6.76. The summed E-state index contributed by atoms with van der Waals surface area (Å²) in [5.74, 6) is 2.73. The molecule has 2 aliphatic rings. The number of benzene rings is 1. The first-order chi connectivity index (χ1) is 10.3. The second kappa shape index (κ2) is 8.60. The molecule has 0 aromatic heterocycles. The van der Waals surface area contributed by atoms with E-state index in [1.807, 2.05) is 13.1 Å². The first-order valence-corrected chi connectivity index (χ1v) is 8.04. The van der Waals surface area contributed by atoms with Crippen LogP contribution in [0, 0.1) is 5.92 Å². The monoisotopic (exact) mass is 415 g/mol. The van der Waals surface area contributed by atoms with Crippen molar-refractivity contribution in [3.63, 3.8) is 0 Å². The first-order valence-electron chi connectivity index (χ1n) is 8.04. The van der Waals surface area contributed by atoms with Crippen LogP contribution in [0.25, 0.3) is 0 Å². The molecule has 0 saturated heterocycles. The van der Waals surface area contributed by atoms with Gasteiger partial charge < -0.3 is 15.4 Å². The van der Waals surface area contributed by atoms with Gasteiger partial charge in [0.05, 0.1) is 6.10 Å². The quantitative estimate of drug-likeness (QED) is 0.426. The third kappa shape index (κ3) is 5.04. The van der Waals surface area contributed by atoms with E-state index in [-0.39, 0.29) is 24.0 Å². The number of rotatable bonds is 6. The van der Waals surface area contributed by atoms with E-state index in [4.69, 9.17) is 4.74 Å². The number of halogens is 1. The summed E-state index contributed by atoms with van der Waals surface area (Å²) in [7, 11) is 1.82. The molecule has 2 aliphatic carbocycles. The van der Waals surface area contributed by atoms with Gasteiger partial charge in [0.2, 0.25) is 0 Å². The zero-order valence-corrected chi connectivity index (χ0v) is 15.5. The Labute approximate surface area is 150 Å². The van der Waals surface area contributed by atoms with E-state index in [0.717, 1.165) is 30.7 Å². The molecule has 2 N–H and O–H groups in total. The molecule has 2 fully saturated rings. The lowest BCUT2D eigenvalue weighted by Gasteiger charge is -2.27. The fourth-order valence-electron chi connectivity index (χ4n) is 2.40. The minimum atomic E-state index is 0. The molecular weight excluding hydrogens is 389 g/mol. The Morgan fingerprint density at radius 3 is 2.59 bits per heavy atom. The van der Waals surface area contributed by atoms with E-state index in [0.29, 0.717) is 6.10 Å². The summed E-state index contributed by atoms with van der Waals surface area (Å²) in [6.07, 6.45) is 6.78. The molecular formula is C17H26IN3O. The van der Waals surface area contributed by atoms with Gasteiger partial charge in [0.15, 0.2) is 5.96 Å². The molecule has 0 spiro atoms. The van der Waals surface area contributed by atoms with Crippen molar-refractivity contribution in [2.45, 2.75) is 44.8 Å². The van der Waals surface area contributed by atoms with E-state index in [9.17, 15) is 0 Å². The fourth-order valence-corrected chi connectivity index (χ4v) is 2.40. The van der Waals surface area contributed by atoms with Crippen LogP contribution in [0.2, 0.25) is 0 Å². The third-order valence-electron chi connectivity index (χ3n) is 4.24. The lowest BCUT2D eigenvalue weighted by atomic mass is 9.96. The molecule has 0 atom stereocenters. The molecule has 0 radical (unpaired) electrons. The van der Waals surface area contributed by atoms with Crippen LogP contribution < -0.4 is 15.4 Å². The van der Waals surface area contributed by atoms with Gasteiger partial charge >= 0.3 is 0 Å². The van der Waals surface area contributed by atoms with Gasteiger partial charge in [-0.25, -0.2) is 0 Å². The van der Waals surface area contributed by atoms with Crippen LogP contribution in [-0.4, -0.2) is 25.7 Å². The van der Waals surface area contributed by atoms with Crippen molar-refractivity contribution in [3.8, 4) is 5.75 Å². The second-order valence-corrected chi connectivity index (χ2v) is 6.03. The molecule has 0 bridgehead atoms. The summed E-state index contributed by atoms with van der Waals surface area (Å²) in [5.41, 5.74) is 1.19. The molecule has 5 heteroatoms. The highest BCUT2D eigenvalue weighted by molar-refractivity contribution is 14.0. The van der Waals surface area contributed by atoms with Gasteiger partial charge in [-0.2, -0.15) is 0 Å². The largest absolute Gasteiger partial charge is 0.490 e. The number of para-hydroxylation sites is 1. The van der Waals surface area contributed by atoms with Gasteiger partial charge in [0.1, 0.15) is 5.75 Å². The van der Waals surface area contributed by atoms with Gasteiger partial charge in [-0.3, -0.25) is 4.99 Å². The maximum atomic E-state index is 6.06. The van der Waals surface area contributed by atoms with Gasteiger partial charge in [-0.05, 0) is 44.1 Å². The SMILES string of the molecule is CN=C(NCc1ccccc1OC1CCC1)NCC1CC1.I. The summed E-state index contributed by atoms with van der Waals surface area (Å²) < 4.78 is 6.06. The zero-order chi connectivity index (χ0) is 14.5. The molecule has 4 nitrogen and oxygen atoms in total. The molecule has 22 heavy (non-hydrogen) atoms. The molecule has 0 aliphatic heterocycles. The van der Waals surface area contributed by atoms with Crippen molar-refractivity contribution in [2.75, 3.05) is 13.6 Å². The van der Waals surface area contributed by atoms with Gasteiger partial charge in [0, 0.05) is 25.7 Å². The third-order valence-corrected chi connectivity index (χ3v) is 4.24. The Morgan fingerprint density at radius 2 is 1.95 bits per heavy atom. The fraction of sp³-hybridized carbons (Fsp3) is 0.588. The molecule has 1 aromatic rings. The van der Waals surface area contributed by atoms with Gasteiger partial charge in [0.25, 0.3) is 0 Å². The van der Waals surface area contributed by atoms with Crippen molar-refractivity contribution < 1.29 is 4.74 Å². The number of nitrogens with zero attached hydrogens (tertiary/aromatic N) is 1. The molecule has 2 saturated carbocycles. The summed E-state index contributed by atoms with van der Waals surface area (Å²) in [6, 6.07) is 8.29. The van der Waals surface area contributed by atoms with E-state index in [1.165, 1.54) is 37.7 Å². The Hall–Kier alpha value is -0.980. The molecule has 3 rings (SSSR count). The molecule has 0 amide bonds. The summed E-state index contributed by atoms with van der Waals surface area (Å²) in [6.45, 7) is 1.77. The highest BCUT2D eigenvalue weighted by Crippen LogP contribution is 2.28. The standard InChI is InChI=1S/C17H25N3O.HI/c1-18-17(19-11-13-9-10-13)20-12-14-5-2-3-8-16(14)21-15-6-4-7-15;/h2-3,5,8,13,15H,4,6-7,9-12H2,1H3,(H2,18,19,20);1H. The van der Waals surface area contributed by atoms with Crippen LogP contribution in [0.15, 0.2) is 29.3 Å². The lowest BCUT2D eigenvalue weighted by molar-refractivity contribution is 0.119. The highest BCUT2D eigenvalue weighted by atomic mass is 127. The minimum absolute atomic E-state index is 0. The normalized spacial score (nSPS) is 18.1. The van der Waals surface area contributed by atoms with Crippen LogP contribution in [-0.2, 0) is 6.54 Å². The summed E-state index contributed by atoms with van der Waals surface area (Å²) in [4.78, 5) is 4.27. The number of aliphatic imine (C=N–C) groups is 1. The zero-order valence-electron chi connectivity index (χ0n) is 13.2. The Bertz CT molecular complexity index is 498. The van der Waals surface area contributed by atoms with Crippen molar-refractivity contribution >= 4 is 29.9 Å². The smallest absolute Gasteiger partial charge is 0.191 e. The average Bonchev–Trinajstić information content (AvgIpc) is 3.28. The lowest BCUT2D eigenvalue weighted by Crippen LogP contribution is -2.38. The van der Waals surface area contributed by atoms with Crippen molar-refractivity contribution in [3.05, 3.63) is 29.8 Å². The minimum Gasteiger partial charge on any atom is -0.490 e. The van der Waals surface area contributed by atoms with Gasteiger partial charge in [-0.15, -0.1) is 24.0 Å². The predicted molar refractivity (Wildman–Crippen MR) is 101 cm³/mol. The van der Waals surface area contributed by atoms with Crippen LogP contribution in [0.3, 0.4) is 0 Å². The summed E-state index contributed by atoms with van der Waals surface area (Å²) >= 11 is 0. The van der Waals surface area contributed by atoms with Crippen molar-refractivity contribution in [2.24, 2.45) is 10.9 Å². The van der Waals surface area contributed by atoms with E-state index < -0.39 is 0 Å². The van der Waals surface area contributed by atoms with Crippen LogP contribution in [0.1, 0.15) is 37.7 Å². The van der Waals surface area contributed by atoms with Crippen LogP contribution in [0.4, 0.5) is 0 Å². The second-order valence-electron chi connectivity index (χ2n) is 6.03. The Balaban J connectivity index is 0.00000176. The predicted octanol–water partition coefficient (Wildman–Crippen LogP) is 3.31. The van der Waals surface area contributed by atoms with E-state index in [1.54, 1.807) is 0 Å². The molecule has 122 valence electrons. The molecule has 0 heterocycles. The topological polar surface area (TPSA) is 45.7 Å². The van der Waals surface area contributed by atoms with Gasteiger partial charge in [-0.1, -0.05) is 18.2 Å². The average molecular weight is 415 g/mol. The van der Waals surface area contributed by atoms with Crippen LogP contribution in [0.5, 0.6) is 5.75 Å². The first kappa shape index (κ1) is 17.4. The number of hydrogen-bond donors (Lipinski definition) is 2. The molecule has 1 aromatic carbocycles. The number of guanidine groups is 1. The number of hydrogen-bond acceptors (Lipinski definition) is 2. The maximum Gasteiger partial charge on any atom is 0.191 e. The Kier molecular flexibility index (Phi) is 6.79. The van der Waals surface area contributed by atoms with E-state index in [2.05, 4.69) is 33.8 Å². The number of nitrogens with one attached hydrogen (secondary N) is 2. The number of ether oxygens (including phenoxy) is 1. The van der Waals surface area contributed by atoms with Crippen LogP contribution >= 0.6 is 24.0 Å². The van der Waals surface area contributed by atoms with Crippen molar-refractivity contribution in [1.29, 1.82) is 0 Å². The van der Waals surface area contributed by atoms with E-state index >= 15 is 0 Å². The molecule has 0 unspecified atom stereocenters. The Morgan fingerprint density at radius 1 is 1.18 bits per heavy atom. The van der Waals surface area contributed by atoms with Crippen molar-refractivity contribution in [1.82, 2.24) is 10.6 Å². The maximum absolute atomic E-state index is 6.06. The highest BCUT2D eigenvalue weighted by Gasteiger charge is 2.21.